The Labute approximate surface area is 126 Å². The maximum Gasteiger partial charge on any atom is 0.232 e. The van der Waals surface area contributed by atoms with Crippen molar-refractivity contribution in [2.75, 3.05) is 17.2 Å². The van der Waals surface area contributed by atoms with Crippen LogP contribution < -0.4 is 4.90 Å². The molecule has 0 saturated carbocycles. The lowest BCUT2D eigenvalue weighted by molar-refractivity contribution is -0.117. The van der Waals surface area contributed by atoms with E-state index < -0.39 is 9.05 Å². The predicted molar refractivity (Wildman–Crippen MR) is 78.8 cm³/mol. The number of hydrogen-bond acceptors (Lipinski definition) is 5. The molecule has 0 bridgehead atoms. The third-order valence-electron chi connectivity index (χ3n) is 3.44. The Bertz CT molecular complexity index is 815. The van der Waals surface area contributed by atoms with Crippen LogP contribution in [0.25, 0.3) is 11.1 Å². The number of fused-ring (bicyclic) bond motifs is 1. The van der Waals surface area contributed by atoms with Crippen LogP contribution >= 0.6 is 10.7 Å². The number of carbonyl (C=O) groups excluding carboxylic acids is 1. The van der Waals surface area contributed by atoms with E-state index in [0.717, 1.165) is 0 Å². The van der Waals surface area contributed by atoms with Crippen LogP contribution in [0.15, 0.2) is 22.6 Å². The first kappa shape index (κ1) is 14.3. The minimum absolute atomic E-state index is 0.131. The van der Waals surface area contributed by atoms with Crippen molar-refractivity contribution in [2.24, 2.45) is 5.92 Å². The van der Waals surface area contributed by atoms with Gasteiger partial charge < -0.3 is 9.32 Å². The number of halogens is 1. The van der Waals surface area contributed by atoms with Gasteiger partial charge in [-0.1, -0.05) is 6.07 Å². The summed E-state index contributed by atoms with van der Waals surface area (Å²) in [6.07, 6.45) is 0.166. The molecule has 1 aromatic heterocycles. The second kappa shape index (κ2) is 4.99. The SMILES string of the molecule is Cc1nc2c(N3CC(CS(=O)(=O)Cl)CC3=O)cccc2o1. The Morgan fingerprint density at radius 2 is 2.24 bits per heavy atom. The molecule has 1 aromatic carbocycles. The molecule has 6 nitrogen and oxygen atoms in total. The molecule has 3 rings (SSSR count). The summed E-state index contributed by atoms with van der Waals surface area (Å²) in [5.74, 6) is -0.120. The van der Waals surface area contributed by atoms with E-state index in [2.05, 4.69) is 4.98 Å². The molecule has 1 aliphatic rings. The van der Waals surface area contributed by atoms with Gasteiger partial charge in [0.15, 0.2) is 11.5 Å². The fourth-order valence-corrected chi connectivity index (χ4v) is 3.99. The largest absolute Gasteiger partial charge is 0.441 e. The Morgan fingerprint density at radius 3 is 2.95 bits per heavy atom. The second-order valence-corrected chi connectivity index (χ2v) is 7.96. The zero-order valence-electron chi connectivity index (χ0n) is 11.2. The number of aromatic nitrogens is 1. The first-order valence-electron chi connectivity index (χ1n) is 6.42. The van der Waals surface area contributed by atoms with Crippen LogP contribution in [0.1, 0.15) is 12.3 Å². The minimum Gasteiger partial charge on any atom is -0.441 e. The third kappa shape index (κ3) is 2.89. The van der Waals surface area contributed by atoms with E-state index in [9.17, 15) is 13.2 Å². The average molecular weight is 329 g/mol. The first-order valence-corrected chi connectivity index (χ1v) is 8.90. The van der Waals surface area contributed by atoms with Crippen molar-refractivity contribution in [3.63, 3.8) is 0 Å². The topological polar surface area (TPSA) is 80.5 Å². The molecule has 1 atom stereocenters. The highest BCUT2D eigenvalue weighted by molar-refractivity contribution is 8.13. The number of amides is 1. The fourth-order valence-electron chi connectivity index (χ4n) is 2.67. The van der Waals surface area contributed by atoms with Gasteiger partial charge in [-0.3, -0.25) is 4.79 Å². The first-order chi connectivity index (χ1) is 9.83. The van der Waals surface area contributed by atoms with Gasteiger partial charge in [-0.05, 0) is 12.1 Å². The Morgan fingerprint density at radius 1 is 1.48 bits per heavy atom. The van der Waals surface area contributed by atoms with Crippen molar-refractivity contribution in [1.29, 1.82) is 0 Å². The third-order valence-corrected chi connectivity index (χ3v) is 4.68. The van der Waals surface area contributed by atoms with E-state index in [-0.39, 0.29) is 24.0 Å². The molecule has 1 fully saturated rings. The predicted octanol–water partition coefficient (Wildman–Crippen LogP) is 2.06. The Hall–Kier alpha value is -1.60. The summed E-state index contributed by atoms with van der Waals surface area (Å²) in [5.41, 5.74) is 1.85. The Kier molecular flexibility index (Phi) is 3.41. The molecule has 112 valence electrons. The number of rotatable bonds is 3. The zero-order chi connectivity index (χ0) is 15.2. The number of benzene rings is 1. The quantitative estimate of drug-likeness (QED) is 0.806. The van der Waals surface area contributed by atoms with Crippen LogP contribution in [0.5, 0.6) is 0 Å². The van der Waals surface area contributed by atoms with E-state index >= 15 is 0 Å². The standard InChI is InChI=1S/C13H13ClN2O4S/c1-8-15-13-10(3-2-4-11(13)20-8)16-6-9(5-12(16)17)7-21(14,18)19/h2-4,9H,5-7H2,1H3. The monoisotopic (exact) mass is 328 g/mol. The van der Waals surface area contributed by atoms with E-state index in [4.69, 9.17) is 15.1 Å². The summed E-state index contributed by atoms with van der Waals surface area (Å²) >= 11 is 0. The number of aryl methyl sites for hydroxylation is 1. The molecule has 0 aliphatic carbocycles. The molecular formula is C13H13ClN2O4S. The van der Waals surface area contributed by atoms with Crippen LogP contribution in [0.2, 0.25) is 0 Å². The van der Waals surface area contributed by atoms with Crippen molar-refractivity contribution in [1.82, 2.24) is 4.98 Å². The molecule has 1 unspecified atom stereocenters. The van der Waals surface area contributed by atoms with Crippen LogP contribution in [-0.2, 0) is 13.8 Å². The molecule has 1 amide bonds. The number of anilines is 1. The van der Waals surface area contributed by atoms with Gasteiger partial charge in [-0.25, -0.2) is 13.4 Å². The normalized spacial score (nSPS) is 19.6. The maximum absolute atomic E-state index is 12.2. The van der Waals surface area contributed by atoms with Gasteiger partial charge >= 0.3 is 0 Å². The van der Waals surface area contributed by atoms with Gasteiger partial charge in [0.25, 0.3) is 0 Å². The van der Waals surface area contributed by atoms with Crippen LogP contribution in [0, 0.1) is 12.8 Å². The summed E-state index contributed by atoms with van der Waals surface area (Å²) in [6, 6.07) is 5.33. The molecule has 0 N–H and O–H groups in total. The van der Waals surface area contributed by atoms with Gasteiger partial charge in [0.1, 0.15) is 5.52 Å². The van der Waals surface area contributed by atoms with Crippen LogP contribution in [-0.4, -0.2) is 31.6 Å². The van der Waals surface area contributed by atoms with E-state index in [1.165, 1.54) is 0 Å². The van der Waals surface area contributed by atoms with Crippen LogP contribution in [0.3, 0.4) is 0 Å². The molecule has 0 radical (unpaired) electrons. The number of nitrogens with zero attached hydrogens (tertiary/aromatic N) is 2. The van der Waals surface area contributed by atoms with Crippen molar-refractivity contribution in [2.45, 2.75) is 13.3 Å². The fraction of sp³-hybridized carbons (Fsp3) is 0.385. The van der Waals surface area contributed by atoms with Crippen LogP contribution in [0.4, 0.5) is 5.69 Å². The van der Waals surface area contributed by atoms with Gasteiger partial charge in [-0.2, -0.15) is 0 Å². The van der Waals surface area contributed by atoms with E-state index in [1.807, 2.05) is 0 Å². The lowest BCUT2D eigenvalue weighted by atomic mass is 10.1. The molecule has 0 spiro atoms. The number of para-hydroxylation sites is 1. The maximum atomic E-state index is 12.2. The minimum atomic E-state index is -3.62. The van der Waals surface area contributed by atoms with E-state index in [1.54, 1.807) is 30.0 Å². The summed E-state index contributed by atoms with van der Waals surface area (Å²) < 4.78 is 27.8. The Balaban J connectivity index is 1.94. The highest BCUT2D eigenvalue weighted by atomic mass is 35.7. The lowest BCUT2D eigenvalue weighted by Gasteiger charge is -2.16. The summed E-state index contributed by atoms with van der Waals surface area (Å²) in [4.78, 5) is 18.0. The average Bonchev–Trinajstić information content (AvgIpc) is 2.88. The smallest absolute Gasteiger partial charge is 0.232 e. The molecule has 2 heterocycles. The molecular weight excluding hydrogens is 316 g/mol. The zero-order valence-corrected chi connectivity index (χ0v) is 12.8. The number of carbonyl (C=O) groups is 1. The molecule has 21 heavy (non-hydrogen) atoms. The second-order valence-electron chi connectivity index (χ2n) is 5.14. The molecule has 8 heteroatoms. The van der Waals surface area contributed by atoms with Gasteiger partial charge in [0.2, 0.25) is 15.0 Å². The van der Waals surface area contributed by atoms with Crippen molar-refractivity contribution < 1.29 is 17.6 Å². The summed E-state index contributed by atoms with van der Waals surface area (Å²) in [7, 11) is 1.65. The van der Waals surface area contributed by atoms with Gasteiger partial charge in [-0.15, -0.1) is 0 Å². The molecule has 1 aliphatic heterocycles. The highest BCUT2D eigenvalue weighted by Gasteiger charge is 2.34. The van der Waals surface area contributed by atoms with Crippen molar-refractivity contribution >= 4 is 42.4 Å². The molecule has 2 aromatic rings. The highest BCUT2D eigenvalue weighted by Crippen LogP contribution is 2.32. The summed E-state index contributed by atoms with van der Waals surface area (Å²) in [6.45, 7) is 2.05. The van der Waals surface area contributed by atoms with Gasteiger partial charge in [0, 0.05) is 36.5 Å². The van der Waals surface area contributed by atoms with Gasteiger partial charge in [0.05, 0.1) is 11.4 Å². The number of oxazole rings is 1. The van der Waals surface area contributed by atoms with Crippen molar-refractivity contribution in [3.05, 3.63) is 24.1 Å². The summed E-state index contributed by atoms with van der Waals surface area (Å²) in [5, 5.41) is 0. The number of hydrogen-bond donors (Lipinski definition) is 0. The van der Waals surface area contributed by atoms with Crippen molar-refractivity contribution in [3.8, 4) is 0 Å². The lowest BCUT2D eigenvalue weighted by Crippen LogP contribution is -2.25. The van der Waals surface area contributed by atoms with E-state index in [0.29, 0.717) is 29.2 Å². The molecule has 1 saturated heterocycles.